The molecule has 1 aliphatic heterocycles. The molecular weight excluding hydrogens is 390 g/mol. The largest absolute Gasteiger partial charge is 0.358 e. The summed E-state index contributed by atoms with van der Waals surface area (Å²) in [6, 6.07) is 19.2. The summed E-state index contributed by atoms with van der Waals surface area (Å²) in [5, 5.41) is 2.15. The van der Waals surface area contributed by atoms with Crippen LogP contribution in [0.2, 0.25) is 5.02 Å². The maximum atomic E-state index is 6.09. The highest BCUT2D eigenvalue weighted by molar-refractivity contribution is 6.30. The van der Waals surface area contributed by atoms with Crippen LogP contribution in [0.5, 0.6) is 0 Å². The van der Waals surface area contributed by atoms with Crippen molar-refractivity contribution in [2.75, 3.05) is 6.54 Å². The monoisotopic (exact) mass is 415 g/mol. The molecule has 1 aliphatic rings. The summed E-state index contributed by atoms with van der Waals surface area (Å²) >= 11 is 6.09. The van der Waals surface area contributed by atoms with Crippen LogP contribution in [0.3, 0.4) is 0 Å². The lowest BCUT2D eigenvalue weighted by Crippen LogP contribution is -2.24. The molecule has 0 fully saturated rings. The molecule has 0 amide bonds. The number of pyridine rings is 1. The van der Waals surface area contributed by atoms with Crippen LogP contribution >= 0.6 is 11.6 Å². The molecule has 30 heavy (non-hydrogen) atoms. The first-order valence-electron chi connectivity index (χ1n) is 10.8. The maximum Gasteiger partial charge on any atom is 0.0459 e. The molecule has 1 N–H and O–H groups in total. The van der Waals surface area contributed by atoms with E-state index in [-0.39, 0.29) is 0 Å². The van der Waals surface area contributed by atoms with Gasteiger partial charge in [-0.3, -0.25) is 9.88 Å². The van der Waals surface area contributed by atoms with Gasteiger partial charge in [0.15, 0.2) is 0 Å². The van der Waals surface area contributed by atoms with Gasteiger partial charge in [-0.2, -0.15) is 0 Å². The van der Waals surface area contributed by atoms with E-state index in [2.05, 4.69) is 57.3 Å². The number of fused-ring (bicyclic) bond motifs is 3. The normalized spacial score (nSPS) is 15.4. The average Bonchev–Trinajstić information content (AvgIpc) is 3.15. The highest BCUT2D eigenvalue weighted by Gasteiger charge is 2.18. The van der Waals surface area contributed by atoms with Crippen LogP contribution in [0.1, 0.15) is 36.1 Å². The van der Waals surface area contributed by atoms with E-state index >= 15 is 0 Å². The predicted molar refractivity (Wildman–Crippen MR) is 125 cm³/mol. The molecule has 0 unspecified atom stereocenters. The Morgan fingerprint density at radius 1 is 0.900 bits per heavy atom. The zero-order chi connectivity index (χ0) is 20.3. The summed E-state index contributed by atoms with van der Waals surface area (Å²) in [6.45, 7) is 3.05. The quantitative estimate of drug-likeness (QED) is 0.408. The van der Waals surface area contributed by atoms with Crippen molar-refractivity contribution in [1.82, 2.24) is 14.9 Å². The Labute approximate surface area is 182 Å². The van der Waals surface area contributed by atoms with Crippen LogP contribution in [0.25, 0.3) is 22.0 Å². The number of nitrogens with one attached hydrogen (secondary N) is 1. The van der Waals surface area contributed by atoms with Crippen molar-refractivity contribution in [2.24, 2.45) is 0 Å². The van der Waals surface area contributed by atoms with E-state index in [1.807, 2.05) is 24.5 Å². The summed E-state index contributed by atoms with van der Waals surface area (Å²) in [4.78, 5) is 10.5. The van der Waals surface area contributed by atoms with Crippen LogP contribution in [-0.2, 0) is 19.5 Å². The molecule has 3 nitrogen and oxygen atoms in total. The van der Waals surface area contributed by atoms with E-state index < -0.39 is 0 Å². The average molecular weight is 416 g/mol. The maximum absolute atomic E-state index is 6.09. The molecular formula is C26H26ClN3. The van der Waals surface area contributed by atoms with Crippen LogP contribution < -0.4 is 0 Å². The topological polar surface area (TPSA) is 31.9 Å². The van der Waals surface area contributed by atoms with Gasteiger partial charge < -0.3 is 4.98 Å². The van der Waals surface area contributed by atoms with Crippen LogP contribution in [0.4, 0.5) is 0 Å². The zero-order valence-corrected chi connectivity index (χ0v) is 17.8. The third-order valence-electron chi connectivity index (χ3n) is 6.11. The lowest BCUT2D eigenvalue weighted by atomic mass is 10.0. The van der Waals surface area contributed by atoms with E-state index in [0.717, 1.165) is 31.1 Å². The molecule has 0 radical (unpaired) electrons. The smallest absolute Gasteiger partial charge is 0.0459 e. The van der Waals surface area contributed by atoms with Crippen molar-refractivity contribution in [2.45, 2.75) is 38.8 Å². The van der Waals surface area contributed by atoms with Gasteiger partial charge in [0, 0.05) is 47.1 Å². The van der Waals surface area contributed by atoms with E-state index in [1.54, 1.807) is 0 Å². The second kappa shape index (κ2) is 8.63. The lowest BCUT2D eigenvalue weighted by molar-refractivity contribution is 0.253. The standard InChI is InChI=1S/C26H26ClN3/c27-22-8-5-19(6-9-22)17-30-15-3-1-2-4-25-24(18-30)23-16-21(7-10-26(23)29-25)20-11-13-28-14-12-20/h5-14,16,29H,1-4,15,17-18H2. The number of aryl methyl sites for hydroxylation is 1. The second-order valence-corrected chi connectivity index (χ2v) is 8.66. The number of H-pyrrole nitrogens is 1. The first-order chi connectivity index (χ1) is 14.8. The van der Waals surface area contributed by atoms with Gasteiger partial charge in [0.25, 0.3) is 0 Å². The van der Waals surface area contributed by atoms with E-state index in [1.165, 1.54) is 58.1 Å². The number of nitrogens with zero attached hydrogens (tertiary/aromatic N) is 2. The van der Waals surface area contributed by atoms with Crippen molar-refractivity contribution in [3.63, 3.8) is 0 Å². The fraction of sp³-hybridized carbons (Fsp3) is 0.269. The van der Waals surface area contributed by atoms with Crippen LogP contribution in [0, 0.1) is 0 Å². The molecule has 0 saturated heterocycles. The minimum absolute atomic E-state index is 0.797. The molecule has 5 rings (SSSR count). The van der Waals surface area contributed by atoms with Gasteiger partial charge in [-0.15, -0.1) is 0 Å². The first kappa shape index (κ1) is 19.3. The summed E-state index contributed by atoms with van der Waals surface area (Å²) in [5.41, 5.74) is 7.87. The summed E-state index contributed by atoms with van der Waals surface area (Å²) in [7, 11) is 0. The Bertz CT molecular complexity index is 1130. The zero-order valence-electron chi connectivity index (χ0n) is 17.1. The van der Waals surface area contributed by atoms with E-state index in [0.29, 0.717) is 0 Å². The Hall–Kier alpha value is -2.62. The van der Waals surface area contributed by atoms with Crippen molar-refractivity contribution >= 4 is 22.5 Å². The van der Waals surface area contributed by atoms with Gasteiger partial charge in [-0.25, -0.2) is 0 Å². The Morgan fingerprint density at radius 3 is 2.57 bits per heavy atom. The third-order valence-corrected chi connectivity index (χ3v) is 6.36. The molecule has 4 aromatic rings. The minimum atomic E-state index is 0.797. The highest BCUT2D eigenvalue weighted by atomic mass is 35.5. The molecule has 0 atom stereocenters. The molecule has 2 aromatic carbocycles. The molecule has 2 aromatic heterocycles. The lowest BCUT2D eigenvalue weighted by Gasteiger charge is -2.22. The van der Waals surface area contributed by atoms with Gasteiger partial charge in [0.05, 0.1) is 0 Å². The fourth-order valence-corrected chi connectivity index (χ4v) is 4.65. The number of hydrogen-bond acceptors (Lipinski definition) is 2. The van der Waals surface area contributed by atoms with Crippen molar-refractivity contribution < 1.29 is 0 Å². The Kier molecular flexibility index (Phi) is 5.56. The van der Waals surface area contributed by atoms with Crippen molar-refractivity contribution in [1.29, 1.82) is 0 Å². The van der Waals surface area contributed by atoms with Gasteiger partial charge in [0.2, 0.25) is 0 Å². The van der Waals surface area contributed by atoms with Crippen LogP contribution in [0.15, 0.2) is 67.0 Å². The number of aromatic nitrogens is 2. The molecule has 0 aliphatic carbocycles. The number of halogens is 1. The SMILES string of the molecule is Clc1ccc(CN2CCCCCc3[nH]c4ccc(-c5ccncc5)cc4c3C2)cc1. The summed E-state index contributed by atoms with van der Waals surface area (Å²) in [5.74, 6) is 0. The molecule has 3 heterocycles. The van der Waals surface area contributed by atoms with Crippen molar-refractivity contribution in [3.8, 4) is 11.1 Å². The van der Waals surface area contributed by atoms with Gasteiger partial charge in [0.1, 0.15) is 0 Å². The minimum Gasteiger partial charge on any atom is -0.358 e. The molecule has 4 heteroatoms. The summed E-state index contributed by atoms with van der Waals surface area (Å²) < 4.78 is 0. The van der Waals surface area contributed by atoms with Crippen molar-refractivity contribution in [3.05, 3.63) is 88.8 Å². The third kappa shape index (κ3) is 4.14. The number of hydrogen-bond donors (Lipinski definition) is 1. The number of aromatic amines is 1. The Morgan fingerprint density at radius 2 is 1.73 bits per heavy atom. The van der Waals surface area contributed by atoms with Crippen LogP contribution in [-0.4, -0.2) is 21.4 Å². The number of benzene rings is 2. The number of rotatable bonds is 3. The fourth-order valence-electron chi connectivity index (χ4n) is 4.52. The molecule has 0 spiro atoms. The highest BCUT2D eigenvalue weighted by Crippen LogP contribution is 2.31. The molecule has 0 saturated carbocycles. The molecule has 0 bridgehead atoms. The van der Waals surface area contributed by atoms with Gasteiger partial charge in [-0.05, 0) is 84.5 Å². The van der Waals surface area contributed by atoms with Gasteiger partial charge >= 0.3 is 0 Å². The van der Waals surface area contributed by atoms with E-state index in [4.69, 9.17) is 11.6 Å². The molecule has 152 valence electrons. The predicted octanol–water partition coefficient (Wildman–Crippen LogP) is 6.61. The van der Waals surface area contributed by atoms with E-state index in [9.17, 15) is 0 Å². The second-order valence-electron chi connectivity index (χ2n) is 8.23. The first-order valence-corrected chi connectivity index (χ1v) is 11.1. The summed E-state index contributed by atoms with van der Waals surface area (Å²) in [6.07, 6.45) is 8.61. The Balaban J connectivity index is 1.51. The van der Waals surface area contributed by atoms with Gasteiger partial charge in [-0.1, -0.05) is 36.2 Å².